The molecule has 1 saturated heterocycles. The van der Waals surface area contributed by atoms with Gasteiger partial charge in [-0.15, -0.1) is 0 Å². The summed E-state index contributed by atoms with van der Waals surface area (Å²) in [5, 5.41) is 4.50. The number of rotatable bonds is 5. The Morgan fingerprint density at radius 2 is 2.24 bits per heavy atom. The van der Waals surface area contributed by atoms with Crippen molar-refractivity contribution in [2.45, 2.75) is 38.8 Å². The molecule has 2 aromatic heterocycles. The van der Waals surface area contributed by atoms with Gasteiger partial charge in [-0.1, -0.05) is 13.0 Å². The topological polar surface area (TPSA) is 53.9 Å². The van der Waals surface area contributed by atoms with Crippen LogP contribution in [0, 0.1) is 0 Å². The molecule has 1 fully saturated rings. The van der Waals surface area contributed by atoms with Crippen molar-refractivity contribution >= 4 is 16.7 Å². The first-order valence-corrected chi connectivity index (χ1v) is 8.31. The summed E-state index contributed by atoms with van der Waals surface area (Å²) >= 11 is 1.48. The first-order chi connectivity index (χ1) is 10.3. The van der Waals surface area contributed by atoms with Crippen LogP contribution in [0.2, 0.25) is 0 Å². The van der Waals surface area contributed by atoms with Gasteiger partial charge in [-0.05, 0) is 24.5 Å². The van der Waals surface area contributed by atoms with Crippen molar-refractivity contribution in [3.8, 4) is 0 Å². The van der Waals surface area contributed by atoms with Gasteiger partial charge in [0.05, 0.1) is 0 Å². The minimum atomic E-state index is 0.521. The number of aromatic nitrogens is 3. The normalized spacial score (nSPS) is 17.0. The summed E-state index contributed by atoms with van der Waals surface area (Å²) in [5.41, 5.74) is 1.29. The number of piperidine rings is 1. The Kier molecular flexibility index (Phi) is 4.77. The first kappa shape index (κ1) is 14.4. The van der Waals surface area contributed by atoms with Crippen LogP contribution < -0.4 is 5.32 Å². The van der Waals surface area contributed by atoms with Crippen molar-refractivity contribution in [1.82, 2.24) is 19.2 Å². The van der Waals surface area contributed by atoms with Gasteiger partial charge in [0.15, 0.2) is 0 Å². The first-order valence-electron chi connectivity index (χ1n) is 7.54. The second kappa shape index (κ2) is 6.95. The molecule has 0 spiro atoms. The molecule has 1 aliphatic rings. The van der Waals surface area contributed by atoms with Crippen LogP contribution in [-0.4, -0.2) is 38.4 Å². The van der Waals surface area contributed by atoms with Gasteiger partial charge < -0.3 is 5.32 Å². The van der Waals surface area contributed by atoms with Gasteiger partial charge in [-0.3, -0.25) is 9.88 Å². The van der Waals surface area contributed by atoms with Crippen LogP contribution in [0.4, 0.5) is 5.13 Å². The lowest BCUT2D eigenvalue weighted by molar-refractivity contribution is 0.211. The Balaban J connectivity index is 1.46. The molecule has 3 rings (SSSR count). The van der Waals surface area contributed by atoms with E-state index in [1.165, 1.54) is 17.1 Å². The molecule has 0 aliphatic carbocycles. The summed E-state index contributed by atoms with van der Waals surface area (Å²) in [6.45, 7) is 5.32. The predicted octanol–water partition coefficient (Wildman–Crippen LogP) is 2.57. The third-order valence-corrected chi connectivity index (χ3v) is 4.51. The fourth-order valence-electron chi connectivity index (χ4n) is 2.62. The van der Waals surface area contributed by atoms with Gasteiger partial charge in [-0.25, -0.2) is 4.98 Å². The standard InChI is InChI=1S/C15H21N5S/c1-2-14-18-15(21-19-14)17-13-5-8-20(9-6-13)11-12-4-3-7-16-10-12/h3-4,7,10,13H,2,5-6,8-9,11H2,1H3,(H,17,18,19). The molecular formula is C15H21N5S. The van der Waals surface area contributed by atoms with Gasteiger partial charge in [0.2, 0.25) is 5.13 Å². The minimum Gasteiger partial charge on any atom is -0.357 e. The second-order valence-corrected chi connectivity index (χ2v) is 6.18. The molecule has 0 bridgehead atoms. The van der Waals surface area contributed by atoms with Gasteiger partial charge in [-0.2, -0.15) is 4.37 Å². The molecule has 1 N–H and O–H groups in total. The zero-order valence-electron chi connectivity index (χ0n) is 12.3. The van der Waals surface area contributed by atoms with E-state index in [-0.39, 0.29) is 0 Å². The van der Waals surface area contributed by atoms with Gasteiger partial charge in [0.25, 0.3) is 0 Å². The van der Waals surface area contributed by atoms with Crippen LogP contribution >= 0.6 is 11.5 Å². The molecule has 6 heteroatoms. The maximum absolute atomic E-state index is 4.48. The zero-order chi connectivity index (χ0) is 14.5. The van der Waals surface area contributed by atoms with E-state index in [4.69, 9.17) is 0 Å². The lowest BCUT2D eigenvalue weighted by Gasteiger charge is -2.32. The molecule has 0 amide bonds. The molecule has 1 aliphatic heterocycles. The summed E-state index contributed by atoms with van der Waals surface area (Å²) in [6, 6.07) is 4.67. The largest absolute Gasteiger partial charge is 0.357 e. The third kappa shape index (κ3) is 3.98. The van der Waals surface area contributed by atoms with E-state index in [2.05, 4.69) is 37.5 Å². The van der Waals surface area contributed by atoms with Crippen LogP contribution in [0.3, 0.4) is 0 Å². The lowest BCUT2D eigenvalue weighted by Crippen LogP contribution is -2.38. The Labute approximate surface area is 129 Å². The van der Waals surface area contributed by atoms with Gasteiger partial charge in [0.1, 0.15) is 5.82 Å². The highest BCUT2D eigenvalue weighted by molar-refractivity contribution is 7.09. The van der Waals surface area contributed by atoms with E-state index < -0.39 is 0 Å². The maximum atomic E-state index is 4.48. The molecule has 3 heterocycles. The van der Waals surface area contributed by atoms with Crippen molar-refractivity contribution < 1.29 is 0 Å². The van der Waals surface area contributed by atoms with E-state index >= 15 is 0 Å². The summed E-state index contributed by atoms with van der Waals surface area (Å²) in [4.78, 5) is 11.2. The summed E-state index contributed by atoms with van der Waals surface area (Å²) in [7, 11) is 0. The second-order valence-electron chi connectivity index (χ2n) is 5.43. The van der Waals surface area contributed by atoms with E-state index in [0.717, 1.165) is 49.9 Å². The summed E-state index contributed by atoms with van der Waals surface area (Å²) in [6.07, 6.45) is 6.99. The van der Waals surface area contributed by atoms with Crippen molar-refractivity contribution in [2.75, 3.05) is 18.4 Å². The average molecular weight is 303 g/mol. The van der Waals surface area contributed by atoms with Crippen molar-refractivity contribution in [2.24, 2.45) is 0 Å². The number of anilines is 1. The van der Waals surface area contributed by atoms with Crippen LogP contribution in [0.15, 0.2) is 24.5 Å². The molecule has 21 heavy (non-hydrogen) atoms. The molecule has 112 valence electrons. The summed E-state index contributed by atoms with van der Waals surface area (Å²) < 4.78 is 4.32. The van der Waals surface area contributed by atoms with E-state index in [1.807, 2.05) is 18.5 Å². The monoisotopic (exact) mass is 303 g/mol. The SMILES string of the molecule is CCc1nsc(NC2CCN(Cc3cccnc3)CC2)n1. The highest BCUT2D eigenvalue weighted by Crippen LogP contribution is 2.19. The van der Waals surface area contributed by atoms with Crippen molar-refractivity contribution in [1.29, 1.82) is 0 Å². The number of nitrogens with one attached hydrogen (secondary N) is 1. The molecule has 0 radical (unpaired) electrons. The number of aryl methyl sites for hydroxylation is 1. The quantitative estimate of drug-likeness (QED) is 0.920. The minimum absolute atomic E-state index is 0.521. The van der Waals surface area contributed by atoms with Crippen LogP contribution in [0.5, 0.6) is 0 Å². The molecule has 5 nitrogen and oxygen atoms in total. The van der Waals surface area contributed by atoms with Crippen LogP contribution in [-0.2, 0) is 13.0 Å². The Morgan fingerprint density at radius 1 is 1.38 bits per heavy atom. The van der Waals surface area contributed by atoms with Crippen molar-refractivity contribution in [3.63, 3.8) is 0 Å². The van der Waals surface area contributed by atoms with Crippen LogP contribution in [0.1, 0.15) is 31.2 Å². The molecule has 2 aromatic rings. The average Bonchev–Trinajstić information content (AvgIpc) is 2.98. The lowest BCUT2D eigenvalue weighted by atomic mass is 10.0. The predicted molar refractivity (Wildman–Crippen MR) is 85.4 cm³/mol. The molecule has 0 saturated carbocycles. The maximum Gasteiger partial charge on any atom is 0.202 e. The number of hydrogen-bond donors (Lipinski definition) is 1. The smallest absolute Gasteiger partial charge is 0.202 e. The van der Waals surface area contributed by atoms with Crippen LogP contribution in [0.25, 0.3) is 0 Å². The highest BCUT2D eigenvalue weighted by Gasteiger charge is 2.20. The van der Waals surface area contributed by atoms with Crippen molar-refractivity contribution in [3.05, 3.63) is 35.9 Å². The number of pyridine rings is 1. The Bertz CT molecular complexity index is 548. The Morgan fingerprint density at radius 3 is 2.90 bits per heavy atom. The number of hydrogen-bond acceptors (Lipinski definition) is 6. The van der Waals surface area contributed by atoms with Gasteiger partial charge >= 0.3 is 0 Å². The highest BCUT2D eigenvalue weighted by atomic mass is 32.1. The molecule has 0 atom stereocenters. The fraction of sp³-hybridized carbons (Fsp3) is 0.533. The summed E-state index contributed by atoms with van der Waals surface area (Å²) in [5.74, 6) is 0.941. The van der Waals surface area contributed by atoms with Gasteiger partial charge in [0, 0.05) is 56.0 Å². The molecule has 0 unspecified atom stereocenters. The Hall–Kier alpha value is -1.53. The zero-order valence-corrected chi connectivity index (χ0v) is 13.1. The van der Waals surface area contributed by atoms with E-state index in [9.17, 15) is 0 Å². The fourth-order valence-corrected chi connectivity index (χ4v) is 3.34. The van der Waals surface area contributed by atoms with E-state index in [1.54, 1.807) is 0 Å². The number of nitrogens with zero attached hydrogens (tertiary/aromatic N) is 4. The molecular weight excluding hydrogens is 282 g/mol. The third-order valence-electron chi connectivity index (χ3n) is 3.83. The molecule has 0 aromatic carbocycles. The van der Waals surface area contributed by atoms with E-state index in [0.29, 0.717) is 6.04 Å². The number of likely N-dealkylation sites (tertiary alicyclic amines) is 1.